The number of ether oxygens (including phenoxy) is 2. The fourth-order valence-electron chi connectivity index (χ4n) is 5.51. The summed E-state index contributed by atoms with van der Waals surface area (Å²) < 4.78 is 22.2. The van der Waals surface area contributed by atoms with Crippen molar-refractivity contribution >= 4 is 28.6 Å². The lowest BCUT2D eigenvalue weighted by atomic mass is 10.2. The van der Waals surface area contributed by atoms with Crippen LogP contribution < -0.4 is 0 Å². The standard InChI is InChI=1S/C24H50O8Si2/c1-15(2)33(16(3)4,17(5)6)31-29-21(23(25)27-13)22(24(26)28-14)30-32-34(18(7)8,19(9)10)20(11)12/h15-22H,1-14H3/t21-,22-/m1/s1. The van der Waals surface area contributed by atoms with Gasteiger partial charge in [0.1, 0.15) is 0 Å². The topological polar surface area (TPSA) is 89.5 Å². The van der Waals surface area contributed by atoms with Crippen LogP contribution in [-0.4, -0.2) is 55.0 Å². The number of methoxy groups -OCH3 is 2. The summed E-state index contributed by atoms with van der Waals surface area (Å²) in [5, 5.41) is 0. The normalized spacial score (nSPS) is 15.1. The van der Waals surface area contributed by atoms with Crippen molar-refractivity contribution in [3.05, 3.63) is 0 Å². The van der Waals surface area contributed by atoms with Crippen molar-refractivity contribution in [2.24, 2.45) is 0 Å². The molecule has 0 unspecified atom stereocenters. The summed E-state index contributed by atoms with van der Waals surface area (Å²) >= 11 is 0. The van der Waals surface area contributed by atoms with Crippen LogP contribution in [-0.2, 0) is 38.0 Å². The molecule has 0 saturated carbocycles. The molecule has 10 heteroatoms. The van der Waals surface area contributed by atoms with Gasteiger partial charge in [-0.2, -0.15) is 0 Å². The Balaban J connectivity index is 6.26. The molecule has 0 heterocycles. The molecule has 0 rings (SSSR count). The van der Waals surface area contributed by atoms with Crippen LogP contribution in [0.1, 0.15) is 83.1 Å². The molecule has 0 spiro atoms. The minimum atomic E-state index is -2.52. The summed E-state index contributed by atoms with van der Waals surface area (Å²) in [5.74, 6) is -1.60. The zero-order chi connectivity index (χ0) is 27.0. The second kappa shape index (κ2) is 14.1. The SMILES string of the molecule is COC(=O)[C@H](OO[Si](C(C)C)(C(C)C)C(C)C)[C@@H](OO[Si](C(C)C)(C(C)C)C(C)C)C(=O)OC. The molecule has 0 aromatic carbocycles. The summed E-state index contributed by atoms with van der Waals surface area (Å²) in [4.78, 5) is 37.1. The number of rotatable bonds is 15. The first-order valence-electron chi connectivity index (χ1n) is 12.4. The maximum Gasteiger partial charge on any atom is 0.341 e. The van der Waals surface area contributed by atoms with Crippen LogP contribution in [0.25, 0.3) is 0 Å². The van der Waals surface area contributed by atoms with Crippen molar-refractivity contribution in [2.45, 2.75) is 129 Å². The quantitative estimate of drug-likeness (QED) is 0.107. The van der Waals surface area contributed by atoms with E-state index in [1.54, 1.807) is 0 Å². The third-order valence-corrected chi connectivity index (χ3v) is 18.7. The Bertz CT molecular complexity index is 537. The van der Waals surface area contributed by atoms with Crippen LogP contribution in [0.5, 0.6) is 0 Å². The molecule has 0 radical (unpaired) electrons. The molecule has 0 amide bonds. The molecular formula is C24H50O8Si2. The van der Waals surface area contributed by atoms with E-state index in [4.69, 9.17) is 28.4 Å². The van der Waals surface area contributed by atoms with Gasteiger partial charge < -0.3 is 9.47 Å². The molecule has 0 N–H and O–H groups in total. The average molecular weight is 523 g/mol. The minimum absolute atomic E-state index is 0.197. The first kappa shape index (κ1) is 33.2. The van der Waals surface area contributed by atoms with Gasteiger partial charge in [-0.3, -0.25) is 9.15 Å². The Hall–Kier alpha value is -0.786. The minimum Gasteiger partial charge on any atom is -0.467 e. The lowest BCUT2D eigenvalue weighted by Gasteiger charge is -2.42. The summed E-state index contributed by atoms with van der Waals surface area (Å²) in [7, 11) is -2.60. The molecule has 0 bridgehead atoms. The molecule has 0 fully saturated rings. The summed E-state index contributed by atoms with van der Waals surface area (Å²) in [6.45, 7) is 25.1. The van der Waals surface area contributed by atoms with Crippen molar-refractivity contribution in [3.63, 3.8) is 0 Å². The first-order valence-corrected chi connectivity index (χ1v) is 16.7. The van der Waals surface area contributed by atoms with E-state index >= 15 is 0 Å². The fourth-order valence-corrected chi connectivity index (χ4v) is 15.2. The molecule has 0 aliphatic rings. The lowest BCUT2D eigenvalue weighted by Crippen LogP contribution is -2.54. The smallest absolute Gasteiger partial charge is 0.341 e. The number of hydrogen-bond donors (Lipinski definition) is 0. The van der Waals surface area contributed by atoms with Gasteiger partial charge in [-0.05, 0) is 33.2 Å². The summed E-state index contributed by atoms with van der Waals surface area (Å²) in [6, 6.07) is 0. The first-order chi connectivity index (χ1) is 15.6. The third kappa shape index (κ3) is 7.13. The van der Waals surface area contributed by atoms with Crippen LogP contribution in [0.4, 0.5) is 0 Å². The Kier molecular flexibility index (Phi) is 13.8. The largest absolute Gasteiger partial charge is 0.467 e. The Morgan fingerprint density at radius 2 is 0.676 bits per heavy atom. The predicted octanol–water partition coefficient (Wildman–Crippen LogP) is 6.32. The van der Waals surface area contributed by atoms with Crippen molar-refractivity contribution in [1.82, 2.24) is 0 Å². The molecule has 8 nitrogen and oxygen atoms in total. The predicted molar refractivity (Wildman–Crippen MR) is 138 cm³/mol. The van der Waals surface area contributed by atoms with E-state index in [0.29, 0.717) is 0 Å². The highest BCUT2D eigenvalue weighted by molar-refractivity contribution is 6.77. The number of esters is 2. The number of carbonyl (C=O) groups is 2. The Morgan fingerprint density at radius 1 is 0.471 bits per heavy atom. The van der Waals surface area contributed by atoms with Gasteiger partial charge in [0.25, 0.3) is 0 Å². The summed E-state index contributed by atoms with van der Waals surface area (Å²) in [5.41, 5.74) is 1.18. The van der Waals surface area contributed by atoms with Gasteiger partial charge in [-0.15, -0.1) is 0 Å². The molecule has 0 saturated heterocycles. The van der Waals surface area contributed by atoms with Crippen molar-refractivity contribution < 1.29 is 38.0 Å². The maximum absolute atomic E-state index is 12.8. The lowest BCUT2D eigenvalue weighted by molar-refractivity contribution is -0.328. The van der Waals surface area contributed by atoms with Gasteiger partial charge in [-0.25, -0.2) is 19.4 Å². The zero-order valence-corrected chi connectivity index (χ0v) is 25.9. The monoisotopic (exact) mass is 522 g/mol. The Morgan fingerprint density at radius 3 is 0.824 bits per heavy atom. The van der Waals surface area contributed by atoms with Gasteiger partial charge in [0, 0.05) is 0 Å². The van der Waals surface area contributed by atoms with E-state index in [9.17, 15) is 9.59 Å². The van der Waals surface area contributed by atoms with Gasteiger partial charge in [0.05, 0.1) is 14.2 Å². The van der Waals surface area contributed by atoms with Crippen molar-refractivity contribution in [2.75, 3.05) is 14.2 Å². The molecule has 0 aliphatic heterocycles. The van der Waals surface area contributed by atoms with Gasteiger partial charge in [0.15, 0.2) is 0 Å². The van der Waals surface area contributed by atoms with E-state index in [1.807, 2.05) is 0 Å². The van der Waals surface area contributed by atoms with Crippen molar-refractivity contribution in [1.29, 1.82) is 0 Å². The van der Waals surface area contributed by atoms with Crippen molar-refractivity contribution in [3.8, 4) is 0 Å². The highest BCUT2D eigenvalue weighted by Gasteiger charge is 2.52. The Labute approximate surface area is 209 Å². The van der Waals surface area contributed by atoms with Crippen LogP contribution in [0, 0.1) is 0 Å². The van der Waals surface area contributed by atoms with E-state index < -0.39 is 40.8 Å². The maximum atomic E-state index is 12.8. The van der Waals surface area contributed by atoms with Crippen LogP contribution >= 0.6 is 0 Å². The molecule has 0 aliphatic carbocycles. The van der Waals surface area contributed by atoms with Crippen LogP contribution in [0.3, 0.4) is 0 Å². The number of hydrogen-bond acceptors (Lipinski definition) is 8. The average Bonchev–Trinajstić information content (AvgIpc) is 2.72. The van der Waals surface area contributed by atoms with E-state index in [1.165, 1.54) is 14.2 Å². The van der Waals surface area contributed by atoms with Gasteiger partial charge >= 0.3 is 11.9 Å². The van der Waals surface area contributed by atoms with Gasteiger partial charge in [0.2, 0.25) is 28.8 Å². The second-order valence-electron chi connectivity index (χ2n) is 10.9. The molecule has 34 heavy (non-hydrogen) atoms. The van der Waals surface area contributed by atoms with E-state index in [-0.39, 0.29) is 33.2 Å². The molecule has 0 aromatic heterocycles. The highest BCUT2D eigenvalue weighted by Crippen LogP contribution is 2.44. The fraction of sp³-hybridized carbons (Fsp3) is 0.917. The van der Waals surface area contributed by atoms with Gasteiger partial charge in [-0.1, -0.05) is 83.1 Å². The molecule has 0 aromatic rings. The van der Waals surface area contributed by atoms with E-state index in [2.05, 4.69) is 83.1 Å². The molecular weight excluding hydrogens is 472 g/mol. The zero-order valence-electron chi connectivity index (χ0n) is 23.9. The van der Waals surface area contributed by atoms with Crippen LogP contribution in [0.2, 0.25) is 33.2 Å². The third-order valence-electron chi connectivity index (χ3n) is 7.15. The van der Waals surface area contributed by atoms with Crippen LogP contribution in [0.15, 0.2) is 0 Å². The second-order valence-corrected chi connectivity index (χ2v) is 21.6. The van der Waals surface area contributed by atoms with E-state index in [0.717, 1.165) is 0 Å². The highest BCUT2D eigenvalue weighted by atomic mass is 28.4. The summed E-state index contributed by atoms with van der Waals surface area (Å²) in [6.07, 6.45) is -3.00. The number of carbonyl (C=O) groups excluding carboxylic acids is 2. The molecule has 202 valence electrons. The molecule has 2 atom stereocenters.